The van der Waals surface area contributed by atoms with Crippen LogP contribution in [0.2, 0.25) is 0 Å². The number of carbonyl (C=O) groups excluding carboxylic acids is 2. The highest BCUT2D eigenvalue weighted by molar-refractivity contribution is 7.14. The lowest BCUT2D eigenvalue weighted by Gasteiger charge is -2.27. The fraction of sp³-hybridized carbons (Fsp3) is 0.450. The lowest BCUT2D eigenvalue weighted by Crippen LogP contribution is -3.11. The number of nitrogens with zero attached hydrogens (tertiary/aromatic N) is 2. The highest BCUT2D eigenvalue weighted by atomic mass is 32.1. The number of thiazole rings is 1. The van der Waals surface area contributed by atoms with Gasteiger partial charge in [0, 0.05) is 31.1 Å². The van der Waals surface area contributed by atoms with Crippen LogP contribution in [0.3, 0.4) is 0 Å². The molecule has 3 rings (SSSR count). The molecule has 1 aromatic carbocycles. The SMILES string of the molecule is CC(=O)N(c1nc(C[NH+]2CCC(C(N)=O)CC2)cs1)c1cccc(C)c1C. The minimum atomic E-state index is -0.185. The Balaban J connectivity index is 1.74. The molecule has 7 heteroatoms. The minimum absolute atomic E-state index is 0.0113. The minimum Gasteiger partial charge on any atom is -0.369 e. The van der Waals surface area contributed by atoms with E-state index in [1.165, 1.54) is 16.2 Å². The number of amides is 2. The van der Waals surface area contributed by atoms with Crippen LogP contribution in [0.1, 0.15) is 36.6 Å². The van der Waals surface area contributed by atoms with E-state index in [1.807, 2.05) is 37.4 Å². The number of quaternary nitrogens is 1. The summed E-state index contributed by atoms with van der Waals surface area (Å²) in [6.45, 7) is 8.30. The summed E-state index contributed by atoms with van der Waals surface area (Å²) >= 11 is 1.50. The van der Waals surface area contributed by atoms with Crippen LogP contribution in [0.4, 0.5) is 10.8 Å². The van der Waals surface area contributed by atoms with Gasteiger partial charge in [-0.1, -0.05) is 12.1 Å². The number of hydrogen-bond acceptors (Lipinski definition) is 4. The van der Waals surface area contributed by atoms with E-state index in [4.69, 9.17) is 10.7 Å². The predicted molar refractivity (Wildman–Crippen MR) is 107 cm³/mol. The zero-order valence-electron chi connectivity index (χ0n) is 16.1. The Labute approximate surface area is 164 Å². The van der Waals surface area contributed by atoms with Crippen LogP contribution < -0.4 is 15.5 Å². The van der Waals surface area contributed by atoms with E-state index >= 15 is 0 Å². The Hall–Kier alpha value is -2.25. The molecule has 27 heavy (non-hydrogen) atoms. The highest BCUT2D eigenvalue weighted by Crippen LogP contribution is 2.32. The summed E-state index contributed by atoms with van der Waals surface area (Å²) in [5.74, 6) is -0.216. The van der Waals surface area contributed by atoms with Crippen molar-refractivity contribution in [1.82, 2.24) is 4.98 Å². The number of carbonyl (C=O) groups is 2. The molecule has 2 amide bonds. The molecule has 1 aliphatic rings. The summed E-state index contributed by atoms with van der Waals surface area (Å²) in [6, 6.07) is 5.98. The van der Waals surface area contributed by atoms with E-state index in [1.54, 1.807) is 11.8 Å². The third-order valence-corrected chi connectivity index (χ3v) is 6.26. The number of nitrogens with two attached hydrogens (primary N) is 1. The van der Waals surface area contributed by atoms with Gasteiger partial charge < -0.3 is 10.6 Å². The molecular weight excluding hydrogens is 360 g/mol. The van der Waals surface area contributed by atoms with Crippen LogP contribution in [-0.2, 0) is 16.1 Å². The predicted octanol–water partition coefficient (Wildman–Crippen LogP) is 1.72. The average Bonchev–Trinajstić information content (AvgIpc) is 3.07. The van der Waals surface area contributed by atoms with Gasteiger partial charge in [0.25, 0.3) is 0 Å². The van der Waals surface area contributed by atoms with E-state index in [0.717, 1.165) is 55.0 Å². The van der Waals surface area contributed by atoms with Gasteiger partial charge in [0.05, 0.1) is 18.8 Å². The Morgan fingerprint density at radius 1 is 1.30 bits per heavy atom. The fourth-order valence-electron chi connectivity index (χ4n) is 3.61. The molecule has 1 aromatic heterocycles. The number of hydrogen-bond donors (Lipinski definition) is 2. The standard InChI is InChI=1S/C20H26N4O2S/c1-13-5-4-6-18(14(13)2)24(15(3)25)20-22-17(12-27-20)11-23-9-7-16(8-10-23)19(21)26/h4-6,12,16H,7-11H2,1-3H3,(H2,21,26)/p+1. The lowest BCUT2D eigenvalue weighted by molar-refractivity contribution is -0.919. The smallest absolute Gasteiger partial charge is 0.230 e. The Bertz CT molecular complexity index is 840. The van der Waals surface area contributed by atoms with Crippen LogP contribution in [-0.4, -0.2) is 29.9 Å². The monoisotopic (exact) mass is 387 g/mol. The van der Waals surface area contributed by atoms with Crippen molar-refractivity contribution < 1.29 is 14.5 Å². The largest absolute Gasteiger partial charge is 0.369 e. The number of likely N-dealkylation sites (tertiary alicyclic amines) is 1. The van der Waals surface area contributed by atoms with Crippen molar-refractivity contribution in [2.75, 3.05) is 18.0 Å². The Kier molecular flexibility index (Phi) is 5.92. The van der Waals surface area contributed by atoms with Crippen LogP contribution >= 0.6 is 11.3 Å². The summed E-state index contributed by atoms with van der Waals surface area (Å²) in [6.07, 6.45) is 1.67. The second kappa shape index (κ2) is 8.19. The number of aryl methyl sites for hydroxylation is 1. The van der Waals surface area contributed by atoms with Gasteiger partial charge in [-0.3, -0.25) is 14.5 Å². The summed E-state index contributed by atoms with van der Waals surface area (Å²) in [5, 5.41) is 2.74. The molecule has 1 saturated heterocycles. The molecule has 3 N–H and O–H groups in total. The molecule has 0 atom stereocenters. The van der Waals surface area contributed by atoms with E-state index < -0.39 is 0 Å². The van der Waals surface area contributed by atoms with Crippen LogP contribution in [0.25, 0.3) is 0 Å². The maximum atomic E-state index is 12.4. The van der Waals surface area contributed by atoms with Gasteiger partial charge in [-0.05, 0) is 31.0 Å². The van der Waals surface area contributed by atoms with E-state index in [9.17, 15) is 9.59 Å². The maximum absolute atomic E-state index is 12.4. The van der Waals surface area contributed by atoms with Crippen molar-refractivity contribution >= 4 is 34.0 Å². The van der Waals surface area contributed by atoms with Crippen molar-refractivity contribution in [3.63, 3.8) is 0 Å². The summed E-state index contributed by atoms with van der Waals surface area (Å²) < 4.78 is 0. The van der Waals surface area contributed by atoms with Crippen LogP contribution in [0.15, 0.2) is 23.6 Å². The molecular formula is C20H27N4O2S+. The van der Waals surface area contributed by atoms with E-state index in [0.29, 0.717) is 5.13 Å². The quantitative estimate of drug-likeness (QED) is 0.820. The topological polar surface area (TPSA) is 80.7 Å². The fourth-order valence-corrected chi connectivity index (χ4v) is 4.49. The highest BCUT2D eigenvalue weighted by Gasteiger charge is 2.27. The molecule has 144 valence electrons. The summed E-state index contributed by atoms with van der Waals surface area (Å²) in [4.78, 5) is 31.5. The van der Waals surface area contributed by atoms with E-state index in [2.05, 4.69) is 0 Å². The van der Waals surface area contributed by atoms with Gasteiger partial charge in [0.2, 0.25) is 11.8 Å². The van der Waals surface area contributed by atoms with Gasteiger partial charge in [-0.2, -0.15) is 0 Å². The number of piperidine rings is 1. The van der Waals surface area contributed by atoms with Crippen LogP contribution in [0.5, 0.6) is 0 Å². The Morgan fingerprint density at radius 2 is 2.00 bits per heavy atom. The molecule has 1 aliphatic heterocycles. The molecule has 2 aromatic rings. The number of primary amides is 1. The first-order chi connectivity index (χ1) is 12.9. The average molecular weight is 388 g/mol. The molecule has 0 aliphatic carbocycles. The van der Waals surface area contributed by atoms with Gasteiger partial charge in [-0.15, -0.1) is 11.3 Å². The van der Waals surface area contributed by atoms with Crippen molar-refractivity contribution in [3.05, 3.63) is 40.4 Å². The molecule has 0 spiro atoms. The first-order valence-electron chi connectivity index (χ1n) is 9.31. The van der Waals surface area contributed by atoms with Crippen LogP contribution in [0, 0.1) is 19.8 Å². The second-order valence-corrected chi connectivity index (χ2v) is 8.13. The van der Waals surface area contributed by atoms with Crippen molar-refractivity contribution in [1.29, 1.82) is 0 Å². The van der Waals surface area contributed by atoms with Gasteiger partial charge in [0.15, 0.2) is 5.13 Å². The second-order valence-electron chi connectivity index (χ2n) is 7.30. The number of benzene rings is 1. The number of nitrogens with one attached hydrogen (secondary N) is 1. The molecule has 2 heterocycles. The first-order valence-corrected chi connectivity index (χ1v) is 10.2. The number of aromatic nitrogens is 1. The van der Waals surface area contributed by atoms with E-state index in [-0.39, 0.29) is 17.7 Å². The molecule has 0 bridgehead atoms. The molecule has 6 nitrogen and oxygen atoms in total. The third-order valence-electron chi connectivity index (χ3n) is 5.39. The number of rotatable bonds is 5. The zero-order valence-corrected chi connectivity index (χ0v) is 16.9. The lowest BCUT2D eigenvalue weighted by atomic mass is 9.96. The van der Waals surface area contributed by atoms with Gasteiger partial charge in [0.1, 0.15) is 12.2 Å². The normalized spacial score (nSPS) is 19.7. The molecule has 0 radical (unpaired) electrons. The van der Waals surface area contributed by atoms with Gasteiger partial charge in [-0.25, -0.2) is 4.98 Å². The third kappa shape index (κ3) is 4.36. The molecule has 1 fully saturated rings. The van der Waals surface area contributed by atoms with Crippen molar-refractivity contribution in [2.45, 2.75) is 40.2 Å². The Morgan fingerprint density at radius 3 is 2.63 bits per heavy atom. The van der Waals surface area contributed by atoms with Crippen molar-refractivity contribution in [3.8, 4) is 0 Å². The summed E-state index contributed by atoms with van der Waals surface area (Å²) in [5.41, 5.74) is 9.52. The van der Waals surface area contributed by atoms with Gasteiger partial charge >= 0.3 is 0 Å². The number of anilines is 2. The first kappa shape index (κ1) is 19.5. The maximum Gasteiger partial charge on any atom is 0.230 e. The zero-order chi connectivity index (χ0) is 19.6. The molecule has 0 saturated carbocycles. The van der Waals surface area contributed by atoms with Crippen molar-refractivity contribution in [2.24, 2.45) is 11.7 Å². The summed E-state index contributed by atoms with van der Waals surface area (Å²) in [7, 11) is 0. The molecule has 0 unspecified atom stereocenters.